The molecule has 0 aliphatic rings. The van der Waals surface area contributed by atoms with E-state index in [0.29, 0.717) is 5.82 Å². The number of hydrogen-bond acceptors (Lipinski definition) is 4. The smallest absolute Gasteiger partial charge is 0.224 e. The summed E-state index contributed by atoms with van der Waals surface area (Å²) in [7, 11) is 0. The summed E-state index contributed by atoms with van der Waals surface area (Å²) in [6, 6.07) is 7.67. The monoisotopic (exact) mass is 347 g/mol. The molecule has 0 atom stereocenters. The van der Waals surface area contributed by atoms with Gasteiger partial charge in [0.05, 0.1) is 6.20 Å². The van der Waals surface area contributed by atoms with E-state index in [2.05, 4.69) is 37.9 Å². The first-order chi connectivity index (χ1) is 7.65. The van der Waals surface area contributed by atoms with Crippen molar-refractivity contribution >= 4 is 45.7 Å². The molecule has 0 unspecified atom stereocenters. The maximum absolute atomic E-state index is 9.50. The molecule has 2 rings (SSSR count). The molecular formula is C10H7ClIN3O. The molecular weight excluding hydrogens is 340 g/mol. The van der Waals surface area contributed by atoms with Gasteiger partial charge in [0.2, 0.25) is 5.28 Å². The van der Waals surface area contributed by atoms with Crippen molar-refractivity contribution in [3.05, 3.63) is 39.3 Å². The van der Waals surface area contributed by atoms with Gasteiger partial charge in [-0.05, 0) is 58.5 Å². The van der Waals surface area contributed by atoms with Crippen LogP contribution >= 0.6 is 34.2 Å². The third-order valence-electron chi connectivity index (χ3n) is 1.85. The topological polar surface area (TPSA) is 58.0 Å². The summed E-state index contributed by atoms with van der Waals surface area (Å²) in [6.07, 6.45) is 1.25. The van der Waals surface area contributed by atoms with Crippen LogP contribution in [0, 0.1) is 3.57 Å². The Morgan fingerprint density at radius 1 is 1.25 bits per heavy atom. The molecule has 1 aromatic carbocycles. The summed E-state index contributed by atoms with van der Waals surface area (Å²) in [6.45, 7) is 0. The van der Waals surface area contributed by atoms with Gasteiger partial charge < -0.3 is 10.4 Å². The SMILES string of the molecule is Oc1cnc(Cl)nc1Nc1ccc(I)cc1. The van der Waals surface area contributed by atoms with Crippen molar-refractivity contribution in [2.24, 2.45) is 0 Å². The van der Waals surface area contributed by atoms with E-state index < -0.39 is 0 Å². The van der Waals surface area contributed by atoms with Gasteiger partial charge in [-0.15, -0.1) is 0 Å². The van der Waals surface area contributed by atoms with Crippen LogP contribution in [0.5, 0.6) is 5.75 Å². The average Bonchev–Trinajstić information content (AvgIpc) is 2.27. The predicted molar refractivity (Wildman–Crippen MR) is 71.1 cm³/mol. The Morgan fingerprint density at radius 3 is 2.62 bits per heavy atom. The van der Waals surface area contributed by atoms with E-state index in [1.165, 1.54) is 6.20 Å². The molecule has 1 aromatic heterocycles. The molecule has 6 heteroatoms. The minimum absolute atomic E-state index is 0.0389. The minimum Gasteiger partial charge on any atom is -0.503 e. The molecule has 0 fully saturated rings. The van der Waals surface area contributed by atoms with E-state index in [-0.39, 0.29) is 11.0 Å². The Hall–Kier alpha value is -1.08. The van der Waals surface area contributed by atoms with Crippen molar-refractivity contribution in [3.63, 3.8) is 0 Å². The van der Waals surface area contributed by atoms with Crippen LogP contribution in [-0.4, -0.2) is 15.1 Å². The Labute approximate surface area is 111 Å². The zero-order valence-corrected chi connectivity index (χ0v) is 10.9. The molecule has 82 valence electrons. The third-order valence-corrected chi connectivity index (χ3v) is 2.75. The highest BCUT2D eigenvalue weighted by atomic mass is 127. The van der Waals surface area contributed by atoms with Crippen LogP contribution in [0.3, 0.4) is 0 Å². The molecule has 2 N–H and O–H groups in total. The number of aromatic hydroxyl groups is 1. The highest BCUT2D eigenvalue weighted by Gasteiger charge is 2.04. The number of aromatic nitrogens is 2. The molecule has 0 aliphatic carbocycles. The van der Waals surface area contributed by atoms with Gasteiger partial charge in [0.15, 0.2) is 11.6 Å². The lowest BCUT2D eigenvalue weighted by molar-refractivity contribution is 0.472. The summed E-state index contributed by atoms with van der Waals surface area (Å²) < 4.78 is 1.13. The van der Waals surface area contributed by atoms with Crippen LogP contribution in [0.1, 0.15) is 0 Å². The lowest BCUT2D eigenvalue weighted by atomic mass is 10.3. The highest BCUT2D eigenvalue weighted by molar-refractivity contribution is 14.1. The molecule has 0 aliphatic heterocycles. The molecule has 2 aromatic rings. The van der Waals surface area contributed by atoms with Crippen molar-refractivity contribution < 1.29 is 5.11 Å². The van der Waals surface area contributed by atoms with E-state index in [0.717, 1.165) is 9.26 Å². The first-order valence-corrected chi connectivity index (χ1v) is 5.85. The summed E-state index contributed by atoms with van der Waals surface area (Å²) in [5.74, 6) is 0.254. The normalized spacial score (nSPS) is 10.1. The molecule has 4 nitrogen and oxygen atoms in total. The van der Waals surface area contributed by atoms with Gasteiger partial charge in [0, 0.05) is 9.26 Å². The second-order valence-electron chi connectivity index (χ2n) is 3.00. The molecule has 0 saturated carbocycles. The summed E-state index contributed by atoms with van der Waals surface area (Å²) in [5, 5.41) is 12.5. The van der Waals surface area contributed by atoms with Crippen molar-refractivity contribution in [1.29, 1.82) is 0 Å². The number of nitrogens with zero attached hydrogens (tertiary/aromatic N) is 2. The number of halogens is 2. The maximum Gasteiger partial charge on any atom is 0.224 e. The van der Waals surface area contributed by atoms with E-state index in [4.69, 9.17) is 11.6 Å². The second kappa shape index (κ2) is 4.84. The molecule has 0 amide bonds. The fraction of sp³-hybridized carbons (Fsp3) is 0. The quantitative estimate of drug-likeness (QED) is 0.647. The van der Waals surface area contributed by atoms with E-state index in [1.807, 2.05) is 24.3 Å². The standard InChI is InChI=1S/C10H7ClIN3O/c11-10-13-5-8(16)9(15-10)14-7-3-1-6(12)2-4-7/h1-5,16H,(H,13,14,15). The zero-order chi connectivity index (χ0) is 11.5. The molecule has 16 heavy (non-hydrogen) atoms. The Kier molecular flexibility index (Phi) is 3.45. The van der Waals surface area contributed by atoms with Crippen LogP contribution in [0.15, 0.2) is 30.5 Å². The van der Waals surface area contributed by atoms with Crippen LogP contribution in [-0.2, 0) is 0 Å². The number of rotatable bonds is 2. The van der Waals surface area contributed by atoms with Gasteiger partial charge in [-0.1, -0.05) is 0 Å². The van der Waals surface area contributed by atoms with Gasteiger partial charge in [-0.3, -0.25) is 0 Å². The largest absolute Gasteiger partial charge is 0.503 e. The Morgan fingerprint density at radius 2 is 1.94 bits per heavy atom. The van der Waals surface area contributed by atoms with E-state index in [9.17, 15) is 5.11 Å². The predicted octanol–water partition coefficient (Wildman–Crippen LogP) is 3.18. The molecule has 0 saturated heterocycles. The van der Waals surface area contributed by atoms with Gasteiger partial charge in [0.25, 0.3) is 0 Å². The number of benzene rings is 1. The summed E-state index contributed by atoms with van der Waals surface area (Å²) in [5.41, 5.74) is 0.825. The number of nitrogens with one attached hydrogen (secondary N) is 1. The van der Waals surface area contributed by atoms with Crippen molar-refractivity contribution in [1.82, 2.24) is 9.97 Å². The van der Waals surface area contributed by atoms with Gasteiger partial charge in [-0.2, -0.15) is 4.98 Å². The van der Waals surface area contributed by atoms with Gasteiger partial charge >= 0.3 is 0 Å². The Balaban J connectivity index is 2.26. The second-order valence-corrected chi connectivity index (χ2v) is 4.59. The lowest BCUT2D eigenvalue weighted by Crippen LogP contribution is -1.95. The van der Waals surface area contributed by atoms with Crippen molar-refractivity contribution in [3.8, 4) is 5.75 Å². The van der Waals surface area contributed by atoms with Gasteiger partial charge in [0.1, 0.15) is 0 Å². The lowest BCUT2D eigenvalue weighted by Gasteiger charge is -2.06. The van der Waals surface area contributed by atoms with Crippen molar-refractivity contribution in [2.45, 2.75) is 0 Å². The molecule has 1 heterocycles. The maximum atomic E-state index is 9.50. The zero-order valence-electron chi connectivity index (χ0n) is 7.98. The van der Waals surface area contributed by atoms with E-state index >= 15 is 0 Å². The van der Waals surface area contributed by atoms with Gasteiger partial charge in [-0.25, -0.2) is 4.98 Å². The average molecular weight is 348 g/mol. The Bertz CT molecular complexity index is 504. The first kappa shape index (κ1) is 11.4. The highest BCUT2D eigenvalue weighted by Crippen LogP contribution is 2.24. The molecule has 0 spiro atoms. The number of anilines is 2. The van der Waals surface area contributed by atoms with Crippen LogP contribution < -0.4 is 5.32 Å². The number of hydrogen-bond donors (Lipinski definition) is 2. The summed E-state index contributed by atoms with van der Waals surface area (Å²) >= 11 is 7.85. The molecule has 0 bridgehead atoms. The fourth-order valence-electron chi connectivity index (χ4n) is 1.12. The third kappa shape index (κ3) is 2.73. The van der Waals surface area contributed by atoms with Crippen LogP contribution in [0.4, 0.5) is 11.5 Å². The summed E-state index contributed by atoms with van der Waals surface area (Å²) in [4.78, 5) is 7.54. The fourth-order valence-corrected chi connectivity index (χ4v) is 1.61. The first-order valence-electron chi connectivity index (χ1n) is 4.39. The van der Waals surface area contributed by atoms with Crippen LogP contribution in [0.25, 0.3) is 0 Å². The molecule has 0 radical (unpaired) electrons. The minimum atomic E-state index is -0.0389. The van der Waals surface area contributed by atoms with Crippen LogP contribution in [0.2, 0.25) is 5.28 Å². The van der Waals surface area contributed by atoms with Crippen molar-refractivity contribution in [2.75, 3.05) is 5.32 Å². The van der Waals surface area contributed by atoms with E-state index in [1.54, 1.807) is 0 Å².